The number of hydrogen-bond donors (Lipinski definition) is 1. The van der Waals surface area contributed by atoms with Crippen molar-refractivity contribution in [3.63, 3.8) is 0 Å². The smallest absolute Gasteiger partial charge is 0.318 e. The maximum Gasteiger partial charge on any atom is 0.318 e. The number of thiophene rings is 1. The Morgan fingerprint density at radius 2 is 2.35 bits per heavy atom. The Labute approximate surface area is 106 Å². The van der Waals surface area contributed by atoms with Gasteiger partial charge in [0.1, 0.15) is 15.9 Å². The highest BCUT2D eigenvalue weighted by atomic mass is 32.2. The third kappa shape index (κ3) is 2.50. The van der Waals surface area contributed by atoms with Gasteiger partial charge in [0.25, 0.3) is 0 Å². The number of methoxy groups -OCH3 is 1. The van der Waals surface area contributed by atoms with E-state index in [0.717, 1.165) is 10.2 Å². The Morgan fingerprint density at radius 3 is 3.06 bits per heavy atom. The van der Waals surface area contributed by atoms with Crippen molar-refractivity contribution >= 4 is 45.1 Å². The lowest BCUT2D eigenvalue weighted by Gasteiger charge is -2.07. The number of aromatic nitrogens is 2. The van der Waals surface area contributed by atoms with Gasteiger partial charge in [-0.05, 0) is 18.4 Å². The molecule has 0 unspecified atom stereocenters. The first kappa shape index (κ1) is 12.1. The Balaban J connectivity index is 2.27. The van der Waals surface area contributed by atoms with Crippen LogP contribution in [0.25, 0.3) is 10.2 Å². The molecular formula is C10H11N3O2S2. The van der Waals surface area contributed by atoms with E-state index in [9.17, 15) is 4.79 Å². The summed E-state index contributed by atoms with van der Waals surface area (Å²) in [6.45, 7) is 1.74. The Bertz CT molecular complexity index is 555. The SMILES string of the molecule is COC(=O)[C@@H](C)Sc1nc(N)c2ccsc2n1. The minimum absolute atomic E-state index is 0.302. The van der Waals surface area contributed by atoms with Gasteiger partial charge in [-0.15, -0.1) is 11.3 Å². The van der Waals surface area contributed by atoms with Gasteiger partial charge in [-0.25, -0.2) is 9.97 Å². The van der Waals surface area contributed by atoms with Gasteiger partial charge >= 0.3 is 5.97 Å². The van der Waals surface area contributed by atoms with E-state index < -0.39 is 0 Å². The van der Waals surface area contributed by atoms with E-state index in [0.29, 0.717) is 11.0 Å². The highest BCUT2D eigenvalue weighted by molar-refractivity contribution is 8.00. The molecule has 0 radical (unpaired) electrons. The number of thioether (sulfide) groups is 1. The number of carbonyl (C=O) groups is 1. The van der Waals surface area contributed by atoms with Gasteiger partial charge in [-0.1, -0.05) is 11.8 Å². The second-order valence-electron chi connectivity index (χ2n) is 3.31. The second-order valence-corrected chi connectivity index (χ2v) is 5.52. The quantitative estimate of drug-likeness (QED) is 0.521. The normalized spacial score (nSPS) is 12.6. The minimum atomic E-state index is -0.350. The molecule has 90 valence electrons. The predicted octanol–water partition coefficient (Wildman–Crippen LogP) is 1.93. The van der Waals surface area contributed by atoms with Crippen LogP contribution in [0.2, 0.25) is 0 Å². The fourth-order valence-corrected chi connectivity index (χ4v) is 2.92. The first-order valence-electron chi connectivity index (χ1n) is 4.87. The summed E-state index contributed by atoms with van der Waals surface area (Å²) in [4.78, 5) is 20.6. The van der Waals surface area contributed by atoms with Gasteiger partial charge in [0.05, 0.1) is 12.5 Å². The molecule has 0 spiro atoms. The van der Waals surface area contributed by atoms with E-state index in [1.54, 1.807) is 6.92 Å². The maximum absolute atomic E-state index is 11.3. The minimum Gasteiger partial charge on any atom is -0.468 e. The van der Waals surface area contributed by atoms with Crippen molar-refractivity contribution in [3.8, 4) is 0 Å². The molecule has 2 heterocycles. The number of esters is 1. The van der Waals surface area contributed by atoms with Gasteiger partial charge in [0.15, 0.2) is 5.16 Å². The summed E-state index contributed by atoms with van der Waals surface area (Å²) in [6, 6.07) is 1.88. The van der Waals surface area contributed by atoms with Crippen molar-refractivity contribution in [2.75, 3.05) is 12.8 Å². The van der Waals surface area contributed by atoms with Crippen LogP contribution in [0, 0.1) is 0 Å². The summed E-state index contributed by atoms with van der Waals surface area (Å²) in [5.41, 5.74) is 5.81. The second kappa shape index (κ2) is 4.89. The van der Waals surface area contributed by atoms with Crippen molar-refractivity contribution in [1.82, 2.24) is 9.97 Å². The number of hydrogen-bond acceptors (Lipinski definition) is 7. The van der Waals surface area contributed by atoms with Gasteiger partial charge in [-0.2, -0.15) is 0 Å². The molecule has 1 atom stereocenters. The fourth-order valence-electron chi connectivity index (χ4n) is 1.28. The summed E-state index contributed by atoms with van der Waals surface area (Å²) < 4.78 is 4.64. The van der Waals surface area contributed by atoms with E-state index in [1.165, 1.54) is 30.2 Å². The average Bonchev–Trinajstić information content (AvgIpc) is 2.76. The van der Waals surface area contributed by atoms with E-state index in [1.807, 2.05) is 11.4 Å². The molecule has 5 nitrogen and oxygen atoms in total. The van der Waals surface area contributed by atoms with Crippen LogP contribution in [0.15, 0.2) is 16.6 Å². The lowest BCUT2D eigenvalue weighted by Crippen LogP contribution is -2.15. The van der Waals surface area contributed by atoms with Crippen LogP contribution in [0.1, 0.15) is 6.92 Å². The Kier molecular flexibility index (Phi) is 3.49. The summed E-state index contributed by atoms with van der Waals surface area (Å²) >= 11 is 2.73. The van der Waals surface area contributed by atoms with E-state index in [4.69, 9.17) is 5.73 Å². The van der Waals surface area contributed by atoms with Gasteiger partial charge in [0, 0.05) is 0 Å². The molecule has 0 saturated heterocycles. The number of fused-ring (bicyclic) bond motifs is 1. The number of rotatable bonds is 3. The molecule has 0 aliphatic carbocycles. The highest BCUT2D eigenvalue weighted by Crippen LogP contribution is 2.28. The van der Waals surface area contributed by atoms with Gasteiger partial charge < -0.3 is 10.5 Å². The molecule has 2 aromatic rings. The molecule has 2 rings (SSSR count). The topological polar surface area (TPSA) is 78.1 Å². The summed E-state index contributed by atoms with van der Waals surface area (Å²) in [7, 11) is 1.36. The standard InChI is InChI=1S/C10H11N3O2S2/c1-5(9(14)15-2)17-10-12-7(11)6-3-4-16-8(6)13-10/h3-5H,1-2H3,(H2,11,12,13)/t5-/m1/s1. The van der Waals surface area contributed by atoms with Crippen molar-refractivity contribution in [3.05, 3.63) is 11.4 Å². The lowest BCUT2D eigenvalue weighted by molar-refractivity contribution is -0.139. The number of nitrogen functional groups attached to an aromatic ring is 1. The largest absolute Gasteiger partial charge is 0.468 e. The molecule has 2 N–H and O–H groups in total. The van der Waals surface area contributed by atoms with E-state index in [-0.39, 0.29) is 11.2 Å². The average molecular weight is 269 g/mol. The molecular weight excluding hydrogens is 258 g/mol. The van der Waals surface area contributed by atoms with Crippen LogP contribution >= 0.6 is 23.1 Å². The molecule has 7 heteroatoms. The molecule has 0 saturated carbocycles. The molecule has 0 bridgehead atoms. The van der Waals surface area contributed by atoms with Crippen molar-refractivity contribution < 1.29 is 9.53 Å². The summed E-state index contributed by atoms with van der Waals surface area (Å²) in [5.74, 6) is 0.138. The predicted molar refractivity (Wildman–Crippen MR) is 69.2 cm³/mol. The molecule has 0 aliphatic rings. The first-order valence-corrected chi connectivity index (χ1v) is 6.63. The first-order chi connectivity index (χ1) is 8.11. The van der Waals surface area contributed by atoms with E-state index >= 15 is 0 Å². The molecule has 0 fully saturated rings. The van der Waals surface area contributed by atoms with Crippen LogP contribution in [0.3, 0.4) is 0 Å². The molecule has 17 heavy (non-hydrogen) atoms. The van der Waals surface area contributed by atoms with Crippen LogP contribution in [0.4, 0.5) is 5.82 Å². The monoisotopic (exact) mass is 269 g/mol. The molecule has 0 aliphatic heterocycles. The lowest BCUT2D eigenvalue weighted by atomic mass is 10.4. The third-order valence-electron chi connectivity index (χ3n) is 2.15. The van der Waals surface area contributed by atoms with Crippen molar-refractivity contribution in [2.45, 2.75) is 17.3 Å². The molecule has 2 aromatic heterocycles. The maximum atomic E-state index is 11.3. The zero-order chi connectivity index (χ0) is 12.4. The van der Waals surface area contributed by atoms with Crippen LogP contribution in [-0.4, -0.2) is 28.3 Å². The van der Waals surface area contributed by atoms with Crippen LogP contribution in [-0.2, 0) is 9.53 Å². The Morgan fingerprint density at radius 1 is 1.59 bits per heavy atom. The molecule has 0 aromatic carbocycles. The fraction of sp³-hybridized carbons (Fsp3) is 0.300. The summed E-state index contributed by atoms with van der Waals surface area (Å²) in [6.07, 6.45) is 0. The van der Waals surface area contributed by atoms with E-state index in [2.05, 4.69) is 14.7 Å². The zero-order valence-corrected chi connectivity index (χ0v) is 11.0. The highest BCUT2D eigenvalue weighted by Gasteiger charge is 2.17. The summed E-state index contributed by atoms with van der Waals surface area (Å²) in [5, 5.41) is 2.91. The van der Waals surface area contributed by atoms with Crippen LogP contribution in [0.5, 0.6) is 0 Å². The number of carbonyl (C=O) groups excluding carboxylic acids is 1. The van der Waals surface area contributed by atoms with Crippen LogP contribution < -0.4 is 5.73 Å². The number of nitrogens with zero attached hydrogens (tertiary/aromatic N) is 2. The van der Waals surface area contributed by atoms with Crippen molar-refractivity contribution in [2.24, 2.45) is 0 Å². The molecule has 0 amide bonds. The zero-order valence-electron chi connectivity index (χ0n) is 9.34. The van der Waals surface area contributed by atoms with Gasteiger partial charge in [-0.3, -0.25) is 4.79 Å². The number of nitrogens with two attached hydrogens (primary N) is 1. The Hall–Kier alpha value is -1.34. The number of ether oxygens (including phenoxy) is 1. The van der Waals surface area contributed by atoms with Gasteiger partial charge in [0.2, 0.25) is 0 Å². The third-order valence-corrected chi connectivity index (χ3v) is 3.90. The number of anilines is 1. The van der Waals surface area contributed by atoms with Crippen molar-refractivity contribution in [1.29, 1.82) is 0 Å².